The van der Waals surface area contributed by atoms with E-state index < -0.39 is 5.60 Å². The fourth-order valence-corrected chi connectivity index (χ4v) is 3.71. The molecule has 4 heteroatoms. The average Bonchev–Trinajstić information content (AvgIpc) is 2.58. The van der Waals surface area contributed by atoms with Crippen molar-refractivity contribution in [3.05, 3.63) is 18.0 Å². The maximum absolute atomic E-state index is 10.8. The number of thioether (sulfide) groups is 1. The highest BCUT2D eigenvalue weighted by Crippen LogP contribution is 2.48. The first-order chi connectivity index (χ1) is 6.96. The molecule has 0 amide bonds. The molecule has 1 aromatic heterocycles. The summed E-state index contributed by atoms with van der Waals surface area (Å²) in [6.45, 7) is 4.28. The lowest BCUT2D eigenvalue weighted by atomic mass is 9.70. The predicted molar refractivity (Wildman–Crippen MR) is 62.8 cm³/mol. The summed E-state index contributed by atoms with van der Waals surface area (Å²) >= 11 is 1.82. The zero-order valence-corrected chi connectivity index (χ0v) is 10.3. The van der Waals surface area contributed by atoms with Crippen LogP contribution in [0.4, 0.5) is 0 Å². The van der Waals surface area contributed by atoms with Crippen molar-refractivity contribution in [1.29, 1.82) is 0 Å². The van der Waals surface area contributed by atoms with Crippen LogP contribution in [0.15, 0.2) is 12.4 Å². The maximum Gasteiger partial charge on any atom is 0.107 e. The second-order valence-corrected chi connectivity index (χ2v) is 6.05. The number of nitrogens with zero attached hydrogens (tertiary/aromatic N) is 2. The number of aliphatic hydroxyl groups is 1. The van der Waals surface area contributed by atoms with Gasteiger partial charge in [0.2, 0.25) is 0 Å². The summed E-state index contributed by atoms with van der Waals surface area (Å²) in [5.74, 6) is 1.90. The van der Waals surface area contributed by atoms with Crippen LogP contribution in [-0.4, -0.2) is 26.4 Å². The van der Waals surface area contributed by atoms with Crippen molar-refractivity contribution in [3.8, 4) is 0 Å². The van der Waals surface area contributed by atoms with Crippen LogP contribution in [0.25, 0.3) is 0 Å². The molecule has 15 heavy (non-hydrogen) atoms. The zero-order chi connectivity index (χ0) is 11.1. The second kappa shape index (κ2) is 3.52. The molecule has 1 unspecified atom stereocenters. The van der Waals surface area contributed by atoms with Gasteiger partial charge in [-0.2, -0.15) is 16.9 Å². The smallest absolute Gasteiger partial charge is 0.107 e. The van der Waals surface area contributed by atoms with Gasteiger partial charge in [-0.15, -0.1) is 0 Å². The average molecular weight is 226 g/mol. The van der Waals surface area contributed by atoms with Crippen LogP contribution in [0.2, 0.25) is 0 Å². The van der Waals surface area contributed by atoms with Crippen LogP contribution in [-0.2, 0) is 12.6 Å². The first-order valence-corrected chi connectivity index (χ1v) is 6.40. The minimum absolute atomic E-state index is 0.0682. The van der Waals surface area contributed by atoms with Gasteiger partial charge in [-0.3, -0.25) is 4.68 Å². The van der Waals surface area contributed by atoms with Gasteiger partial charge in [0, 0.05) is 24.6 Å². The molecule has 84 valence electrons. The minimum atomic E-state index is -0.732. The third-order valence-corrected chi connectivity index (χ3v) is 4.60. The maximum atomic E-state index is 10.8. The van der Waals surface area contributed by atoms with E-state index in [9.17, 15) is 5.11 Å². The van der Waals surface area contributed by atoms with E-state index in [1.54, 1.807) is 10.9 Å². The molecular weight excluding hydrogens is 208 g/mol. The number of aryl methyl sites for hydroxylation is 1. The van der Waals surface area contributed by atoms with Crippen LogP contribution < -0.4 is 0 Å². The Bertz CT molecular complexity index is 361. The molecule has 1 N–H and O–H groups in total. The molecule has 1 aliphatic rings. The van der Waals surface area contributed by atoms with E-state index >= 15 is 0 Å². The molecule has 0 radical (unpaired) electrons. The van der Waals surface area contributed by atoms with Crippen LogP contribution in [0.3, 0.4) is 0 Å². The highest BCUT2D eigenvalue weighted by atomic mass is 32.2. The molecule has 2 heterocycles. The van der Waals surface area contributed by atoms with E-state index in [0.29, 0.717) is 0 Å². The molecular formula is C11H18N2OS. The van der Waals surface area contributed by atoms with Gasteiger partial charge < -0.3 is 5.11 Å². The number of hydrogen-bond donors (Lipinski definition) is 1. The SMILES string of the molecule is Cn1cc(C2(O)CSCCC2(C)C)cn1. The Labute approximate surface area is 94.9 Å². The van der Waals surface area contributed by atoms with Crippen molar-refractivity contribution in [2.24, 2.45) is 12.5 Å². The molecule has 0 aromatic carbocycles. The van der Waals surface area contributed by atoms with Crippen molar-refractivity contribution in [2.45, 2.75) is 25.9 Å². The van der Waals surface area contributed by atoms with Crippen LogP contribution in [0.5, 0.6) is 0 Å². The van der Waals surface area contributed by atoms with Gasteiger partial charge >= 0.3 is 0 Å². The van der Waals surface area contributed by atoms with E-state index in [2.05, 4.69) is 18.9 Å². The monoisotopic (exact) mass is 226 g/mol. The molecule has 0 aliphatic carbocycles. The fraction of sp³-hybridized carbons (Fsp3) is 0.727. The standard InChI is InChI=1S/C11H18N2OS/c1-10(2)4-5-15-8-11(10,14)9-6-12-13(3)7-9/h6-7,14H,4-5,8H2,1-3H3. The Morgan fingerprint density at radius 1 is 1.53 bits per heavy atom. The quantitative estimate of drug-likeness (QED) is 0.793. The van der Waals surface area contributed by atoms with Gasteiger partial charge in [-0.1, -0.05) is 13.8 Å². The Morgan fingerprint density at radius 3 is 2.80 bits per heavy atom. The molecule has 1 atom stereocenters. The summed E-state index contributed by atoms with van der Waals surface area (Å²) < 4.78 is 1.75. The molecule has 0 bridgehead atoms. The lowest BCUT2D eigenvalue weighted by Gasteiger charge is -2.45. The molecule has 1 aliphatic heterocycles. The largest absolute Gasteiger partial charge is 0.384 e. The third kappa shape index (κ3) is 1.70. The number of rotatable bonds is 1. The third-order valence-electron chi connectivity index (χ3n) is 3.48. The van der Waals surface area contributed by atoms with Gasteiger partial charge in [-0.25, -0.2) is 0 Å². The van der Waals surface area contributed by atoms with E-state index in [-0.39, 0.29) is 5.41 Å². The van der Waals surface area contributed by atoms with Crippen LogP contribution >= 0.6 is 11.8 Å². The van der Waals surface area contributed by atoms with E-state index in [1.165, 1.54) is 0 Å². The highest BCUT2D eigenvalue weighted by Gasteiger charge is 2.47. The Kier molecular flexibility index (Phi) is 2.59. The Morgan fingerprint density at radius 2 is 2.27 bits per heavy atom. The van der Waals surface area contributed by atoms with Crippen molar-refractivity contribution >= 4 is 11.8 Å². The first kappa shape index (κ1) is 11.0. The van der Waals surface area contributed by atoms with Gasteiger partial charge in [0.05, 0.1) is 6.20 Å². The van der Waals surface area contributed by atoms with Crippen molar-refractivity contribution in [2.75, 3.05) is 11.5 Å². The summed E-state index contributed by atoms with van der Waals surface area (Å²) in [4.78, 5) is 0. The Balaban J connectivity index is 2.39. The van der Waals surface area contributed by atoms with Gasteiger partial charge in [0.15, 0.2) is 0 Å². The highest BCUT2D eigenvalue weighted by molar-refractivity contribution is 7.99. The normalized spacial score (nSPS) is 30.4. The Hall–Kier alpha value is -0.480. The van der Waals surface area contributed by atoms with E-state index in [1.807, 2.05) is 25.0 Å². The summed E-state index contributed by atoms with van der Waals surface area (Å²) in [6.07, 6.45) is 4.75. The second-order valence-electron chi connectivity index (χ2n) is 4.95. The van der Waals surface area contributed by atoms with E-state index in [4.69, 9.17) is 0 Å². The summed E-state index contributed by atoms with van der Waals surface area (Å²) in [5, 5.41) is 15.0. The van der Waals surface area contributed by atoms with Gasteiger partial charge in [-0.05, 0) is 17.6 Å². The lowest BCUT2D eigenvalue weighted by molar-refractivity contribution is -0.0579. The topological polar surface area (TPSA) is 38.0 Å². The predicted octanol–water partition coefficient (Wildman–Crippen LogP) is 1.77. The van der Waals surface area contributed by atoms with Crippen molar-refractivity contribution < 1.29 is 5.11 Å². The van der Waals surface area contributed by atoms with Crippen molar-refractivity contribution in [1.82, 2.24) is 9.78 Å². The molecule has 1 saturated heterocycles. The van der Waals surface area contributed by atoms with Crippen LogP contribution in [0.1, 0.15) is 25.8 Å². The molecule has 0 saturated carbocycles. The first-order valence-electron chi connectivity index (χ1n) is 5.25. The number of aromatic nitrogens is 2. The molecule has 1 aromatic rings. The van der Waals surface area contributed by atoms with E-state index in [0.717, 1.165) is 23.5 Å². The fourth-order valence-electron chi connectivity index (χ4n) is 2.06. The molecule has 3 nitrogen and oxygen atoms in total. The van der Waals surface area contributed by atoms with Crippen LogP contribution in [0, 0.1) is 5.41 Å². The molecule has 2 rings (SSSR count). The van der Waals surface area contributed by atoms with Crippen molar-refractivity contribution in [3.63, 3.8) is 0 Å². The minimum Gasteiger partial charge on any atom is -0.384 e. The lowest BCUT2D eigenvalue weighted by Crippen LogP contribution is -2.47. The van der Waals surface area contributed by atoms with Gasteiger partial charge in [0.25, 0.3) is 0 Å². The summed E-state index contributed by atoms with van der Waals surface area (Å²) in [7, 11) is 1.88. The number of hydrogen-bond acceptors (Lipinski definition) is 3. The summed E-state index contributed by atoms with van der Waals surface area (Å²) in [5.41, 5.74) is 0.146. The van der Waals surface area contributed by atoms with Gasteiger partial charge in [0.1, 0.15) is 5.60 Å². The summed E-state index contributed by atoms with van der Waals surface area (Å²) in [6, 6.07) is 0. The zero-order valence-electron chi connectivity index (χ0n) is 9.53. The molecule has 0 spiro atoms. The molecule has 1 fully saturated rings.